The zero-order valence-corrected chi connectivity index (χ0v) is 14.9. The van der Waals surface area contributed by atoms with Gasteiger partial charge in [-0.1, -0.05) is 26.0 Å². The first-order valence-corrected chi connectivity index (χ1v) is 9.33. The molecule has 7 heteroatoms. The van der Waals surface area contributed by atoms with Crippen LogP contribution in [0.3, 0.4) is 0 Å². The number of carbonyl (C=O) groups excluding carboxylic acids is 1. The van der Waals surface area contributed by atoms with Gasteiger partial charge in [0.1, 0.15) is 0 Å². The summed E-state index contributed by atoms with van der Waals surface area (Å²) in [5, 5.41) is 2.74. The molecule has 1 aromatic carbocycles. The smallest absolute Gasteiger partial charge is 0.252 e. The van der Waals surface area contributed by atoms with E-state index in [0.717, 1.165) is 0 Å². The number of sulfonamides is 1. The quantitative estimate of drug-likeness (QED) is 0.792. The fourth-order valence-electron chi connectivity index (χ4n) is 1.83. The van der Waals surface area contributed by atoms with E-state index in [1.54, 1.807) is 18.2 Å². The lowest BCUT2D eigenvalue weighted by Gasteiger charge is -2.22. The highest BCUT2D eigenvalue weighted by atomic mass is 79.9. The van der Waals surface area contributed by atoms with Gasteiger partial charge >= 0.3 is 0 Å². The molecule has 0 bridgehead atoms. The average molecular weight is 377 g/mol. The Morgan fingerprint density at radius 2 is 1.95 bits per heavy atom. The van der Waals surface area contributed by atoms with Gasteiger partial charge in [0.25, 0.3) is 5.91 Å². The Labute approximate surface area is 134 Å². The maximum absolute atomic E-state index is 12.0. The summed E-state index contributed by atoms with van der Waals surface area (Å²) in [7, 11) is -3.26. The SMILES string of the molecule is CC(C)CN(CCNC(=O)c1ccccc1Br)S(C)(=O)=O. The molecule has 1 N–H and O–H groups in total. The number of halogens is 1. The lowest BCUT2D eigenvalue weighted by atomic mass is 10.2. The number of hydrogen-bond acceptors (Lipinski definition) is 3. The molecule has 0 heterocycles. The van der Waals surface area contributed by atoms with E-state index in [0.29, 0.717) is 16.6 Å². The van der Waals surface area contributed by atoms with Crippen molar-refractivity contribution in [3.8, 4) is 0 Å². The summed E-state index contributed by atoms with van der Waals surface area (Å²) in [5.41, 5.74) is 0.535. The third kappa shape index (κ3) is 6.15. The zero-order chi connectivity index (χ0) is 16.0. The van der Waals surface area contributed by atoms with Crippen molar-refractivity contribution >= 4 is 31.9 Å². The molecule has 0 atom stereocenters. The monoisotopic (exact) mass is 376 g/mol. The van der Waals surface area contributed by atoms with E-state index in [9.17, 15) is 13.2 Å². The van der Waals surface area contributed by atoms with E-state index >= 15 is 0 Å². The predicted octanol–water partition coefficient (Wildman–Crippen LogP) is 2.10. The van der Waals surface area contributed by atoms with Crippen LogP contribution in [-0.4, -0.2) is 44.5 Å². The molecule has 0 fully saturated rings. The zero-order valence-electron chi connectivity index (χ0n) is 12.5. The second kappa shape index (κ2) is 7.91. The Balaban J connectivity index is 2.59. The number of rotatable bonds is 7. The van der Waals surface area contributed by atoms with Gasteiger partial charge in [0.15, 0.2) is 0 Å². The van der Waals surface area contributed by atoms with Crippen molar-refractivity contribution in [1.29, 1.82) is 0 Å². The summed E-state index contributed by atoms with van der Waals surface area (Å²) in [4.78, 5) is 12.0. The van der Waals surface area contributed by atoms with E-state index in [-0.39, 0.29) is 24.9 Å². The van der Waals surface area contributed by atoms with Gasteiger partial charge in [0, 0.05) is 24.1 Å². The number of nitrogens with one attached hydrogen (secondary N) is 1. The van der Waals surface area contributed by atoms with Crippen molar-refractivity contribution in [1.82, 2.24) is 9.62 Å². The van der Waals surface area contributed by atoms with Gasteiger partial charge in [-0.2, -0.15) is 0 Å². The fraction of sp³-hybridized carbons (Fsp3) is 0.500. The molecule has 0 aliphatic carbocycles. The summed E-state index contributed by atoms with van der Waals surface area (Å²) in [6.07, 6.45) is 1.19. The molecule has 0 radical (unpaired) electrons. The van der Waals surface area contributed by atoms with Crippen LogP contribution in [0.2, 0.25) is 0 Å². The van der Waals surface area contributed by atoms with Crippen molar-refractivity contribution in [2.24, 2.45) is 5.92 Å². The van der Waals surface area contributed by atoms with E-state index in [1.165, 1.54) is 10.6 Å². The molecule has 5 nitrogen and oxygen atoms in total. The molecule has 1 amide bonds. The van der Waals surface area contributed by atoms with Crippen molar-refractivity contribution in [3.05, 3.63) is 34.3 Å². The molecule has 0 aliphatic rings. The molecule has 21 heavy (non-hydrogen) atoms. The lowest BCUT2D eigenvalue weighted by Crippen LogP contribution is -2.39. The summed E-state index contributed by atoms with van der Waals surface area (Å²) in [6, 6.07) is 7.11. The molecule has 118 valence electrons. The molecule has 0 spiro atoms. The first-order valence-electron chi connectivity index (χ1n) is 6.69. The second-order valence-corrected chi connectivity index (χ2v) is 8.09. The first kappa shape index (κ1) is 18.1. The highest BCUT2D eigenvalue weighted by Gasteiger charge is 2.18. The topological polar surface area (TPSA) is 66.5 Å². The molecule has 0 saturated carbocycles. The minimum absolute atomic E-state index is 0.222. The summed E-state index contributed by atoms with van der Waals surface area (Å²) in [6.45, 7) is 4.91. The van der Waals surface area contributed by atoms with Crippen LogP contribution in [0.1, 0.15) is 24.2 Å². The standard InChI is InChI=1S/C14H21BrN2O3S/c1-11(2)10-17(21(3,19)20)9-8-16-14(18)12-6-4-5-7-13(12)15/h4-7,11H,8-10H2,1-3H3,(H,16,18). The second-order valence-electron chi connectivity index (χ2n) is 5.25. The third-order valence-corrected chi connectivity index (χ3v) is 4.76. The Hall–Kier alpha value is -0.920. The minimum Gasteiger partial charge on any atom is -0.351 e. The largest absolute Gasteiger partial charge is 0.351 e. The van der Waals surface area contributed by atoms with E-state index in [2.05, 4.69) is 21.2 Å². The van der Waals surface area contributed by atoms with Gasteiger partial charge in [-0.05, 0) is 34.0 Å². The van der Waals surface area contributed by atoms with Gasteiger partial charge in [0.05, 0.1) is 11.8 Å². The van der Waals surface area contributed by atoms with E-state index in [4.69, 9.17) is 0 Å². The van der Waals surface area contributed by atoms with Crippen molar-refractivity contribution in [2.75, 3.05) is 25.9 Å². The van der Waals surface area contributed by atoms with Crippen LogP contribution in [0.25, 0.3) is 0 Å². The molecule has 1 rings (SSSR count). The predicted molar refractivity (Wildman–Crippen MR) is 87.7 cm³/mol. The molecular weight excluding hydrogens is 356 g/mol. The highest BCUT2D eigenvalue weighted by molar-refractivity contribution is 9.10. The van der Waals surface area contributed by atoms with Crippen LogP contribution in [-0.2, 0) is 10.0 Å². The van der Waals surface area contributed by atoms with Crippen LogP contribution in [0.5, 0.6) is 0 Å². The van der Waals surface area contributed by atoms with E-state index in [1.807, 2.05) is 19.9 Å². The Morgan fingerprint density at radius 1 is 1.33 bits per heavy atom. The van der Waals surface area contributed by atoms with Crippen molar-refractivity contribution < 1.29 is 13.2 Å². The van der Waals surface area contributed by atoms with Crippen LogP contribution in [0.15, 0.2) is 28.7 Å². The number of hydrogen-bond donors (Lipinski definition) is 1. The molecular formula is C14H21BrN2O3S. The third-order valence-electron chi connectivity index (χ3n) is 2.80. The lowest BCUT2D eigenvalue weighted by molar-refractivity contribution is 0.0950. The Morgan fingerprint density at radius 3 is 2.48 bits per heavy atom. The Bertz CT molecular complexity index is 588. The van der Waals surface area contributed by atoms with Crippen LogP contribution in [0.4, 0.5) is 0 Å². The highest BCUT2D eigenvalue weighted by Crippen LogP contribution is 2.15. The van der Waals surface area contributed by atoms with Gasteiger partial charge in [-0.3, -0.25) is 4.79 Å². The van der Waals surface area contributed by atoms with Gasteiger partial charge < -0.3 is 5.32 Å². The van der Waals surface area contributed by atoms with Gasteiger partial charge in [0.2, 0.25) is 10.0 Å². The maximum Gasteiger partial charge on any atom is 0.252 e. The Kier molecular flexibility index (Phi) is 6.83. The molecule has 0 aliphatic heterocycles. The summed E-state index contributed by atoms with van der Waals surface area (Å²) >= 11 is 3.32. The maximum atomic E-state index is 12.0. The minimum atomic E-state index is -3.26. The number of amides is 1. The number of benzene rings is 1. The summed E-state index contributed by atoms with van der Waals surface area (Å²) in [5.74, 6) is 0.0131. The first-order chi connectivity index (χ1) is 9.71. The number of nitrogens with zero attached hydrogens (tertiary/aromatic N) is 1. The van der Waals surface area contributed by atoms with E-state index < -0.39 is 10.0 Å². The van der Waals surface area contributed by atoms with Crippen LogP contribution >= 0.6 is 15.9 Å². The average Bonchev–Trinajstić information content (AvgIpc) is 2.36. The molecule has 0 saturated heterocycles. The van der Waals surface area contributed by atoms with Crippen LogP contribution < -0.4 is 5.32 Å². The van der Waals surface area contributed by atoms with Gasteiger partial charge in [-0.25, -0.2) is 12.7 Å². The molecule has 1 aromatic rings. The molecule has 0 aromatic heterocycles. The number of carbonyl (C=O) groups is 1. The van der Waals surface area contributed by atoms with Crippen molar-refractivity contribution in [3.63, 3.8) is 0 Å². The fourth-order valence-corrected chi connectivity index (χ4v) is 3.29. The normalized spacial score (nSPS) is 11.9. The molecule has 0 unspecified atom stereocenters. The van der Waals surface area contributed by atoms with Crippen molar-refractivity contribution in [2.45, 2.75) is 13.8 Å². The van der Waals surface area contributed by atoms with Crippen LogP contribution in [0, 0.1) is 5.92 Å². The van der Waals surface area contributed by atoms with Gasteiger partial charge in [-0.15, -0.1) is 0 Å². The summed E-state index contributed by atoms with van der Waals surface area (Å²) < 4.78 is 25.4.